The first-order valence-corrected chi connectivity index (χ1v) is 9.02. The fraction of sp³-hybridized carbons (Fsp3) is 0.550. The molecule has 0 unspecified atom stereocenters. The average molecular weight is 327 g/mol. The van der Waals surface area contributed by atoms with Crippen molar-refractivity contribution in [2.75, 3.05) is 13.2 Å². The lowest BCUT2D eigenvalue weighted by molar-refractivity contribution is -0.158. The fourth-order valence-corrected chi connectivity index (χ4v) is 4.41. The number of ether oxygens (including phenoxy) is 2. The number of fused-ring (bicyclic) bond motifs is 2. The molecule has 2 atom stereocenters. The van der Waals surface area contributed by atoms with Crippen LogP contribution in [0.4, 0.5) is 4.79 Å². The van der Waals surface area contributed by atoms with Crippen LogP contribution in [0.15, 0.2) is 42.1 Å². The molecule has 3 heterocycles. The van der Waals surface area contributed by atoms with Crippen LogP contribution in [-0.2, 0) is 15.1 Å². The maximum atomic E-state index is 11.8. The van der Waals surface area contributed by atoms with Crippen molar-refractivity contribution in [1.82, 2.24) is 4.90 Å². The molecule has 2 bridgehead atoms. The zero-order valence-electron chi connectivity index (χ0n) is 14.3. The lowest BCUT2D eigenvalue weighted by Crippen LogP contribution is -2.46. The molecule has 24 heavy (non-hydrogen) atoms. The molecule has 4 rings (SSSR count). The molecule has 128 valence electrons. The van der Waals surface area contributed by atoms with Gasteiger partial charge in [0.2, 0.25) is 0 Å². The van der Waals surface area contributed by atoms with E-state index >= 15 is 0 Å². The summed E-state index contributed by atoms with van der Waals surface area (Å²) in [5.41, 5.74) is 2.04. The van der Waals surface area contributed by atoms with E-state index in [0.29, 0.717) is 13.2 Å². The molecule has 3 aliphatic rings. The van der Waals surface area contributed by atoms with Gasteiger partial charge in [-0.25, -0.2) is 4.79 Å². The van der Waals surface area contributed by atoms with Gasteiger partial charge < -0.3 is 9.47 Å². The van der Waals surface area contributed by atoms with Gasteiger partial charge in [0.15, 0.2) is 0 Å². The van der Waals surface area contributed by atoms with Gasteiger partial charge in [0.1, 0.15) is 6.61 Å². The summed E-state index contributed by atoms with van der Waals surface area (Å²) in [5.74, 6) is 0. The van der Waals surface area contributed by atoms with E-state index < -0.39 is 0 Å². The summed E-state index contributed by atoms with van der Waals surface area (Å²) in [6, 6.07) is 10.6. The Labute approximate surface area is 143 Å². The number of amides is 1. The van der Waals surface area contributed by atoms with E-state index in [1.807, 2.05) is 6.20 Å². The first kappa shape index (κ1) is 15.7. The van der Waals surface area contributed by atoms with Crippen molar-refractivity contribution in [3.05, 3.63) is 47.7 Å². The molecular formula is C20H25NO3. The number of hydrogen-bond donors (Lipinski definition) is 0. The molecular weight excluding hydrogens is 302 g/mol. The first-order chi connectivity index (χ1) is 11.6. The second kappa shape index (κ2) is 5.92. The van der Waals surface area contributed by atoms with E-state index in [-0.39, 0.29) is 17.3 Å². The highest BCUT2D eigenvalue weighted by atomic mass is 16.6. The molecule has 0 aliphatic carbocycles. The van der Waals surface area contributed by atoms with Crippen molar-refractivity contribution in [3.8, 4) is 0 Å². The fourth-order valence-electron chi connectivity index (χ4n) is 4.41. The standard InChI is InChI=1S/C20H25NO3/c1-19-10-5-6-11-20(24-19,16-7-3-2-4-8-16)12-9-17(19)15-21-13-14-23-18(21)22/h2-4,7-8,15H,5-6,9-14H2,1H3/b17-15-/t19-,20+/m0/s1. The van der Waals surface area contributed by atoms with Crippen molar-refractivity contribution in [2.24, 2.45) is 0 Å². The predicted octanol–water partition coefficient (Wildman–Crippen LogP) is 4.36. The van der Waals surface area contributed by atoms with E-state index in [1.165, 1.54) is 17.6 Å². The molecule has 1 aromatic carbocycles. The van der Waals surface area contributed by atoms with E-state index in [1.54, 1.807) is 4.90 Å². The molecule has 4 heteroatoms. The number of nitrogens with zero attached hydrogens (tertiary/aromatic N) is 1. The molecule has 4 nitrogen and oxygen atoms in total. The summed E-state index contributed by atoms with van der Waals surface area (Å²) in [6.07, 6.45) is 8.13. The van der Waals surface area contributed by atoms with Crippen LogP contribution in [0.3, 0.4) is 0 Å². The molecule has 0 N–H and O–H groups in total. The zero-order chi connectivity index (χ0) is 16.6. The molecule has 0 saturated carbocycles. The monoisotopic (exact) mass is 327 g/mol. The van der Waals surface area contributed by atoms with Gasteiger partial charge in [-0.05, 0) is 43.7 Å². The van der Waals surface area contributed by atoms with Gasteiger partial charge in [-0.2, -0.15) is 0 Å². The lowest BCUT2D eigenvalue weighted by Gasteiger charge is -2.47. The quantitative estimate of drug-likeness (QED) is 0.810. The third kappa shape index (κ3) is 2.63. The van der Waals surface area contributed by atoms with E-state index in [0.717, 1.165) is 32.1 Å². The molecule has 3 saturated heterocycles. The van der Waals surface area contributed by atoms with Crippen molar-refractivity contribution >= 4 is 6.09 Å². The Kier molecular flexibility index (Phi) is 3.87. The van der Waals surface area contributed by atoms with Crippen LogP contribution in [0.5, 0.6) is 0 Å². The summed E-state index contributed by atoms with van der Waals surface area (Å²) < 4.78 is 11.9. The number of benzene rings is 1. The molecule has 3 aliphatic heterocycles. The largest absolute Gasteiger partial charge is 0.447 e. The van der Waals surface area contributed by atoms with E-state index in [4.69, 9.17) is 9.47 Å². The number of carbonyl (C=O) groups excluding carboxylic acids is 1. The van der Waals surface area contributed by atoms with Crippen molar-refractivity contribution in [2.45, 2.75) is 56.7 Å². The van der Waals surface area contributed by atoms with Crippen LogP contribution in [0, 0.1) is 0 Å². The van der Waals surface area contributed by atoms with Crippen LogP contribution in [-0.4, -0.2) is 29.7 Å². The number of rotatable bonds is 2. The van der Waals surface area contributed by atoms with E-state index in [9.17, 15) is 4.79 Å². The van der Waals surface area contributed by atoms with Crippen LogP contribution >= 0.6 is 0 Å². The van der Waals surface area contributed by atoms with Gasteiger partial charge in [-0.3, -0.25) is 4.90 Å². The second-order valence-electron chi connectivity index (χ2n) is 7.36. The van der Waals surface area contributed by atoms with Gasteiger partial charge in [-0.1, -0.05) is 43.2 Å². The minimum absolute atomic E-state index is 0.185. The summed E-state index contributed by atoms with van der Waals surface area (Å²) in [6.45, 7) is 3.32. The van der Waals surface area contributed by atoms with Crippen molar-refractivity contribution < 1.29 is 14.3 Å². The highest BCUT2D eigenvalue weighted by molar-refractivity contribution is 5.70. The van der Waals surface area contributed by atoms with Gasteiger partial charge in [0, 0.05) is 6.20 Å². The summed E-state index contributed by atoms with van der Waals surface area (Å²) in [4.78, 5) is 13.5. The summed E-state index contributed by atoms with van der Waals surface area (Å²) in [5, 5.41) is 0. The summed E-state index contributed by atoms with van der Waals surface area (Å²) in [7, 11) is 0. The smallest absolute Gasteiger partial charge is 0.413 e. The topological polar surface area (TPSA) is 38.8 Å². The predicted molar refractivity (Wildman–Crippen MR) is 91.4 cm³/mol. The molecule has 0 aromatic heterocycles. The van der Waals surface area contributed by atoms with Crippen LogP contribution < -0.4 is 0 Å². The molecule has 1 amide bonds. The maximum Gasteiger partial charge on any atom is 0.413 e. The maximum absolute atomic E-state index is 11.8. The third-order valence-electron chi connectivity index (χ3n) is 5.79. The van der Waals surface area contributed by atoms with Gasteiger partial charge >= 0.3 is 6.09 Å². The zero-order valence-corrected chi connectivity index (χ0v) is 14.3. The minimum Gasteiger partial charge on any atom is -0.447 e. The Hall–Kier alpha value is -1.81. The Morgan fingerprint density at radius 3 is 2.67 bits per heavy atom. The second-order valence-corrected chi connectivity index (χ2v) is 7.36. The van der Waals surface area contributed by atoms with Gasteiger partial charge in [0.05, 0.1) is 17.7 Å². The van der Waals surface area contributed by atoms with E-state index in [2.05, 4.69) is 37.3 Å². The normalized spacial score (nSPS) is 35.0. The average Bonchev–Trinajstić information content (AvgIpc) is 2.93. The molecule has 0 spiro atoms. The number of carbonyl (C=O) groups is 1. The Morgan fingerprint density at radius 2 is 1.92 bits per heavy atom. The highest BCUT2D eigenvalue weighted by Gasteiger charge is 2.48. The van der Waals surface area contributed by atoms with Gasteiger partial charge in [0.25, 0.3) is 0 Å². The summed E-state index contributed by atoms with van der Waals surface area (Å²) >= 11 is 0. The lowest BCUT2D eigenvalue weighted by atomic mass is 9.78. The molecule has 1 aromatic rings. The van der Waals surface area contributed by atoms with Crippen LogP contribution in [0.1, 0.15) is 51.0 Å². The number of cyclic esters (lactones) is 1. The number of hydrogen-bond acceptors (Lipinski definition) is 3. The highest BCUT2D eigenvalue weighted by Crippen LogP contribution is 2.51. The third-order valence-corrected chi connectivity index (χ3v) is 5.79. The van der Waals surface area contributed by atoms with Gasteiger partial charge in [-0.15, -0.1) is 0 Å². The minimum atomic E-state index is -0.298. The first-order valence-electron chi connectivity index (χ1n) is 9.02. The van der Waals surface area contributed by atoms with Crippen molar-refractivity contribution in [3.63, 3.8) is 0 Å². The SMILES string of the molecule is C[C@]12CCCC[C@](c3ccccc3)(CC/C1=C/N1CCOC1=O)O2. The Balaban J connectivity index is 1.67. The van der Waals surface area contributed by atoms with Crippen LogP contribution in [0.25, 0.3) is 0 Å². The molecule has 0 radical (unpaired) electrons. The van der Waals surface area contributed by atoms with Crippen molar-refractivity contribution in [1.29, 1.82) is 0 Å². The van der Waals surface area contributed by atoms with Crippen LogP contribution in [0.2, 0.25) is 0 Å². The molecule has 3 fully saturated rings. The Bertz CT molecular complexity index is 656. The Morgan fingerprint density at radius 1 is 1.12 bits per heavy atom.